The molecule has 0 saturated carbocycles. The largest absolute Gasteiger partial charge is 0.507 e. The molecule has 4 rings (SSSR count). The number of hydrogen-bond donors (Lipinski definition) is 1. The smallest absolute Gasteiger partial charge is 0.301 e. The van der Waals surface area contributed by atoms with Crippen LogP contribution in [0.1, 0.15) is 36.6 Å². The first kappa shape index (κ1) is 21.3. The molecule has 0 radical (unpaired) electrons. The van der Waals surface area contributed by atoms with Gasteiger partial charge in [0, 0.05) is 11.8 Å². The molecular weight excluding hydrogens is 404 g/mol. The highest BCUT2D eigenvalue weighted by molar-refractivity contribution is 6.51. The van der Waals surface area contributed by atoms with Gasteiger partial charge in [-0.05, 0) is 62.7 Å². The van der Waals surface area contributed by atoms with Gasteiger partial charge in [-0.1, -0.05) is 35.9 Å². The normalized spacial score (nSPS) is 17.8. The van der Waals surface area contributed by atoms with Crippen molar-refractivity contribution in [1.29, 1.82) is 0 Å². The molecular formula is C26H24N2O4. The van der Waals surface area contributed by atoms with Gasteiger partial charge in [0.05, 0.1) is 17.7 Å². The highest BCUT2D eigenvalue weighted by atomic mass is 16.5. The fourth-order valence-electron chi connectivity index (χ4n) is 3.75. The van der Waals surface area contributed by atoms with Crippen molar-refractivity contribution in [2.45, 2.75) is 32.9 Å². The molecule has 1 atom stereocenters. The van der Waals surface area contributed by atoms with Gasteiger partial charge in [0.15, 0.2) is 0 Å². The molecule has 1 unspecified atom stereocenters. The summed E-state index contributed by atoms with van der Waals surface area (Å²) in [5.41, 5.74) is 2.21. The highest BCUT2D eigenvalue weighted by Crippen LogP contribution is 2.41. The summed E-state index contributed by atoms with van der Waals surface area (Å²) in [6.45, 7) is 5.81. The summed E-state index contributed by atoms with van der Waals surface area (Å²) < 4.78 is 5.65. The van der Waals surface area contributed by atoms with Crippen molar-refractivity contribution >= 4 is 23.3 Å². The van der Waals surface area contributed by atoms with Crippen molar-refractivity contribution in [2.24, 2.45) is 0 Å². The average molecular weight is 428 g/mol. The van der Waals surface area contributed by atoms with E-state index in [1.54, 1.807) is 48.7 Å². The van der Waals surface area contributed by atoms with E-state index in [2.05, 4.69) is 4.98 Å². The second kappa shape index (κ2) is 8.67. The Balaban J connectivity index is 1.85. The standard InChI is InChI=1S/C26H24N2O4/c1-16(2)32-20-13-11-19(12-14-20)24(29)22-23(18-9-7-17(3)8-10-18)28(26(31)25(22)30)21-6-4-5-15-27-21/h4-16,23,29H,1-3H3. The van der Waals surface area contributed by atoms with Crippen LogP contribution in [-0.2, 0) is 9.59 Å². The number of anilines is 1. The average Bonchev–Trinajstić information content (AvgIpc) is 3.05. The quantitative estimate of drug-likeness (QED) is 0.359. The van der Waals surface area contributed by atoms with Crippen LogP contribution in [0.15, 0.2) is 78.5 Å². The van der Waals surface area contributed by atoms with E-state index < -0.39 is 17.7 Å². The summed E-state index contributed by atoms with van der Waals surface area (Å²) in [6.07, 6.45) is 1.58. The Hall–Kier alpha value is -3.93. The summed E-state index contributed by atoms with van der Waals surface area (Å²) >= 11 is 0. The molecule has 2 heterocycles. The molecule has 1 amide bonds. The van der Waals surface area contributed by atoms with E-state index >= 15 is 0 Å². The minimum Gasteiger partial charge on any atom is -0.507 e. The summed E-state index contributed by atoms with van der Waals surface area (Å²) in [5.74, 6) is -0.708. The first-order chi connectivity index (χ1) is 15.4. The number of pyridine rings is 1. The summed E-state index contributed by atoms with van der Waals surface area (Å²) in [6, 6.07) is 18.7. The molecule has 6 heteroatoms. The fourth-order valence-corrected chi connectivity index (χ4v) is 3.75. The van der Waals surface area contributed by atoms with Gasteiger partial charge in [0.2, 0.25) is 0 Å². The highest BCUT2D eigenvalue weighted by Gasteiger charge is 2.47. The van der Waals surface area contributed by atoms with Gasteiger partial charge in [-0.3, -0.25) is 14.5 Å². The van der Waals surface area contributed by atoms with Crippen molar-refractivity contribution in [2.75, 3.05) is 4.90 Å². The maximum Gasteiger partial charge on any atom is 0.301 e. The van der Waals surface area contributed by atoms with E-state index in [1.807, 2.05) is 45.0 Å². The predicted octanol–water partition coefficient (Wildman–Crippen LogP) is 4.80. The number of aromatic nitrogens is 1. The third-order valence-corrected chi connectivity index (χ3v) is 5.23. The van der Waals surface area contributed by atoms with Crippen LogP contribution in [0, 0.1) is 6.92 Å². The van der Waals surface area contributed by atoms with E-state index in [4.69, 9.17) is 4.74 Å². The van der Waals surface area contributed by atoms with E-state index in [0.717, 1.165) is 5.56 Å². The number of hydrogen-bond acceptors (Lipinski definition) is 5. The van der Waals surface area contributed by atoms with E-state index in [-0.39, 0.29) is 17.4 Å². The van der Waals surface area contributed by atoms with Gasteiger partial charge in [-0.15, -0.1) is 0 Å². The molecule has 1 saturated heterocycles. The van der Waals surface area contributed by atoms with Gasteiger partial charge in [-0.2, -0.15) is 0 Å². The Kier molecular flexibility index (Phi) is 5.77. The number of ketones is 1. The predicted molar refractivity (Wildman–Crippen MR) is 122 cm³/mol. The lowest BCUT2D eigenvalue weighted by Crippen LogP contribution is -2.30. The summed E-state index contributed by atoms with van der Waals surface area (Å²) in [7, 11) is 0. The maximum atomic E-state index is 13.1. The van der Waals surface area contributed by atoms with E-state index in [9.17, 15) is 14.7 Å². The zero-order valence-corrected chi connectivity index (χ0v) is 18.1. The van der Waals surface area contributed by atoms with E-state index in [1.165, 1.54) is 4.90 Å². The molecule has 1 aliphatic heterocycles. The van der Waals surface area contributed by atoms with Crippen LogP contribution in [0.3, 0.4) is 0 Å². The molecule has 6 nitrogen and oxygen atoms in total. The van der Waals surface area contributed by atoms with Crippen LogP contribution in [0.2, 0.25) is 0 Å². The van der Waals surface area contributed by atoms with Crippen molar-refractivity contribution < 1.29 is 19.4 Å². The van der Waals surface area contributed by atoms with Gasteiger partial charge >= 0.3 is 5.91 Å². The number of benzene rings is 2. The molecule has 0 spiro atoms. The van der Waals surface area contributed by atoms with Gasteiger partial charge in [0.25, 0.3) is 5.78 Å². The Bertz CT molecular complexity index is 1170. The van der Waals surface area contributed by atoms with Crippen molar-refractivity contribution in [3.63, 3.8) is 0 Å². The third kappa shape index (κ3) is 3.99. The number of Topliss-reactive ketones (excluding diaryl/α,β-unsaturated/α-hetero) is 1. The first-order valence-electron chi connectivity index (χ1n) is 10.4. The second-order valence-electron chi connectivity index (χ2n) is 7.96. The number of nitrogens with zero attached hydrogens (tertiary/aromatic N) is 2. The van der Waals surface area contributed by atoms with Crippen LogP contribution < -0.4 is 9.64 Å². The van der Waals surface area contributed by atoms with Crippen molar-refractivity contribution in [3.8, 4) is 5.75 Å². The summed E-state index contributed by atoms with van der Waals surface area (Å²) in [4.78, 5) is 31.8. The van der Waals surface area contributed by atoms with Crippen LogP contribution >= 0.6 is 0 Å². The van der Waals surface area contributed by atoms with Crippen molar-refractivity contribution in [1.82, 2.24) is 4.98 Å². The van der Waals surface area contributed by atoms with Crippen LogP contribution in [-0.4, -0.2) is 27.9 Å². The lowest BCUT2D eigenvalue weighted by molar-refractivity contribution is -0.132. The molecule has 1 fully saturated rings. The number of carbonyl (C=O) groups is 2. The van der Waals surface area contributed by atoms with Crippen LogP contribution in [0.25, 0.3) is 5.76 Å². The lowest BCUT2D eigenvalue weighted by Gasteiger charge is -2.24. The number of carbonyl (C=O) groups excluding carboxylic acids is 2. The zero-order valence-electron chi connectivity index (χ0n) is 18.1. The fraction of sp³-hybridized carbons (Fsp3) is 0.192. The molecule has 1 N–H and O–H groups in total. The number of aliphatic hydroxyl groups excluding tert-OH is 1. The van der Waals surface area contributed by atoms with Gasteiger partial charge < -0.3 is 9.84 Å². The molecule has 1 aromatic heterocycles. The second-order valence-corrected chi connectivity index (χ2v) is 7.96. The van der Waals surface area contributed by atoms with Crippen LogP contribution in [0.5, 0.6) is 5.75 Å². The molecule has 162 valence electrons. The molecule has 2 aromatic carbocycles. The number of aliphatic hydroxyl groups is 1. The zero-order chi connectivity index (χ0) is 22.8. The Morgan fingerprint density at radius 1 is 1.00 bits per heavy atom. The van der Waals surface area contributed by atoms with Gasteiger partial charge in [0.1, 0.15) is 17.3 Å². The Morgan fingerprint density at radius 2 is 1.69 bits per heavy atom. The Morgan fingerprint density at radius 3 is 2.28 bits per heavy atom. The third-order valence-electron chi connectivity index (χ3n) is 5.23. The SMILES string of the molecule is Cc1ccc(C2C(=C(O)c3ccc(OC(C)C)cc3)C(=O)C(=O)N2c2ccccn2)cc1. The monoisotopic (exact) mass is 428 g/mol. The Labute approximate surface area is 186 Å². The number of ether oxygens (including phenoxy) is 1. The minimum atomic E-state index is -0.794. The molecule has 32 heavy (non-hydrogen) atoms. The minimum absolute atomic E-state index is 0.0136. The number of rotatable bonds is 5. The van der Waals surface area contributed by atoms with Crippen LogP contribution in [0.4, 0.5) is 5.82 Å². The molecule has 0 bridgehead atoms. The molecule has 0 aliphatic carbocycles. The molecule has 1 aliphatic rings. The summed E-state index contributed by atoms with van der Waals surface area (Å²) in [5, 5.41) is 11.2. The topological polar surface area (TPSA) is 79.7 Å². The van der Waals surface area contributed by atoms with Crippen molar-refractivity contribution in [3.05, 3.63) is 95.2 Å². The number of amides is 1. The molecule has 3 aromatic rings. The number of aryl methyl sites for hydroxylation is 1. The lowest BCUT2D eigenvalue weighted by atomic mass is 9.94. The maximum absolute atomic E-state index is 13.1. The van der Waals surface area contributed by atoms with Gasteiger partial charge in [-0.25, -0.2) is 4.98 Å². The van der Waals surface area contributed by atoms with E-state index in [0.29, 0.717) is 22.7 Å². The first-order valence-corrected chi connectivity index (χ1v) is 10.4.